The minimum Gasteiger partial charge on any atom is -0.481 e. The molecular formula is C6H7ClN2O2. The molecule has 0 amide bonds. The summed E-state index contributed by atoms with van der Waals surface area (Å²) in [6.45, 7) is 0. The first-order valence-electron chi connectivity index (χ1n) is 2.76. The highest BCUT2D eigenvalue weighted by molar-refractivity contribution is 5.85. The van der Waals surface area contributed by atoms with Crippen LogP contribution in [0.2, 0.25) is 0 Å². The highest BCUT2D eigenvalue weighted by Crippen LogP contribution is 1.90. The van der Waals surface area contributed by atoms with Crippen molar-refractivity contribution in [2.45, 2.75) is 6.42 Å². The molecule has 1 heterocycles. The number of hydrogen-bond acceptors (Lipinski definition) is 3. The number of rotatable bonds is 2. The molecule has 0 saturated heterocycles. The van der Waals surface area contributed by atoms with Crippen LogP contribution in [-0.4, -0.2) is 21.0 Å². The Labute approximate surface area is 69.7 Å². The fraction of sp³-hybridized carbons (Fsp3) is 0.167. The average molecular weight is 175 g/mol. The van der Waals surface area contributed by atoms with E-state index < -0.39 is 5.97 Å². The van der Waals surface area contributed by atoms with E-state index in [9.17, 15) is 4.79 Å². The summed E-state index contributed by atoms with van der Waals surface area (Å²) in [5.74, 6) is -0.876. The van der Waals surface area contributed by atoms with E-state index in [0.717, 1.165) is 0 Å². The molecule has 0 fully saturated rings. The van der Waals surface area contributed by atoms with Crippen LogP contribution in [-0.2, 0) is 11.2 Å². The lowest BCUT2D eigenvalue weighted by molar-refractivity contribution is -0.136. The second-order valence-corrected chi connectivity index (χ2v) is 1.77. The van der Waals surface area contributed by atoms with E-state index in [1.807, 2.05) is 0 Å². The van der Waals surface area contributed by atoms with E-state index in [2.05, 4.69) is 9.97 Å². The molecule has 0 aliphatic rings. The number of nitrogens with zero attached hydrogens (tertiary/aromatic N) is 2. The summed E-state index contributed by atoms with van der Waals surface area (Å²) < 4.78 is 0. The van der Waals surface area contributed by atoms with Crippen LogP contribution in [0.4, 0.5) is 0 Å². The molecule has 1 aromatic rings. The lowest BCUT2D eigenvalue weighted by Crippen LogP contribution is -2.01. The third-order valence-corrected chi connectivity index (χ3v) is 0.976. The summed E-state index contributed by atoms with van der Waals surface area (Å²) in [7, 11) is 0. The first-order chi connectivity index (χ1) is 4.79. The summed E-state index contributed by atoms with van der Waals surface area (Å²) in [4.78, 5) is 17.5. The second kappa shape index (κ2) is 4.62. The molecule has 0 bridgehead atoms. The largest absolute Gasteiger partial charge is 0.481 e. The molecule has 0 saturated carbocycles. The van der Waals surface area contributed by atoms with Crippen LogP contribution >= 0.6 is 12.4 Å². The number of carbonyl (C=O) groups is 1. The van der Waals surface area contributed by atoms with Gasteiger partial charge in [-0.2, -0.15) is 0 Å². The maximum Gasteiger partial charge on any atom is 0.309 e. The first kappa shape index (κ1) is 9.84. The van der Waals surface area contributed by atoms with E-state index in [1.54, 1.807) is 6.07 Å². The lowest BCUT2D eigenvalue weighted by Gasteiger charge is -1.91. The van der Waals surface area contributed by atoms with Gasteiger partial charge >= 0.3 is 5.97 Å². The van der Waals surface area contributed by atoms with Crippen LogP contribution in [0.3, 0.4) is 0 Å². The fourth-order valence-electron chi connectivity index (χ4n) is 0.578. The number of aromatic nitrogens is 2. The van der Waals surface area contributed by atoms with Gasteiger partial charge in [-0.05, 0) is 6.07 Å². The normalized spacial score (nSPS) is 8.36. The van der Waals surface area contributed by atoms with Gasteiger partial charge < -0.3 is 5.11 Å². The molecule has 11 heavy (non-hydrogen) atoms. The highest BCUT2D eigenvalue weighted by atomic mass is 35.5. The predicted molar refractivity (Wildman–Crippen MR) is 40.6 cm³/mol. The summed E-state index contributed by atoms with van der Waals surface area (Å²) in [6, 6.07) is 1.58. The molecule has 5 heteroatoms. The zero-order valence-corrected chi connectivity index (χ0v) is 6.41. The Hall–Kier alpha value is -1.16. The third-order valence-electron chi connectivity index (χ3n) is 0.976. The topological polar surface area (TPSA) is 63.1 Å². The summed E-state index contributed by atoms with van der Waals surface area (Å²) in [6.07, 6.45) is 2.81. The van der Waals surface area contributed by atoms with Gasteiger partial charge in [0.15, 0.2) is 0 Å². The van der Waals surface area contributed by atoms with Crippen LogP contribution in [0.5, 0.6) is 0 Å². The first-order valence-corrected chi connectivity index (χ1v) is 2.76. The van der Waals surface area contributed by atoms with Crippen molar-refractivity contribution < 1.29 is 9.90 Å². The van der Waals surface area contributed by atoms with E-state index in [4.69, 9.17) is 5.11 Å². The van der Waals surface area contributed by atoms with Crippen molar-refractivity contribution in [3.63, 3.8) is 0 Å². The number of hydrogen-bond donors (Lipinski definition) is 1. The highest BCUT2D eigenvalue weighted by Gasteiger charge is 1.98. The molecule has 1 rings (SSSR count). The molecule has 0 aliphatic heterocycles. The molecule has 0 radical (unpaired) electrons. The summed E-state index contributed by atoms with van der Waals surface area (Å²) in [5, 5.41) is 8.31. The molecule has 60 valence electrons. The Balaban J connectivity index is 0.000001000. The van der Waals surface area contributed by atoms with Crippen LogP contribution in [0.25, 0.3) is 0 Å². The summed E-state index contributed by atoms with van der Waals surface area (Å²) >= 11 is 0. The van der Waals surface area contributed by atoms with Crippen LogP contribution in [0.15, 0.2) is 18.6 Å². The number of halogens is 1. The lowest BCUT2D eigenvalue weighted by atomic mass is 10.3. The van der Waals surface area contributed by atoms with Gasteiger partial charge in [0, 0.05) is 6.20 Å². The van der Waals surface area contributed by atoms with Gasteiger partial charge in [-0.25, -0.2) is 9.97 Å². The Kier molecular flexibility index (Phi) is 4.14. The Morgan fingerprint density at radius 3 is 2.82 bits per heavy atom. The van der Waals surface area contributed by atoms with Gasteiger partial charge in [-0.1, -0.05) is 0 Å². The van der Waals surface area contributed by atoms with E-state index >= 15 is 0 Å². The minimum absolute atomic E-state index is 0. The van der Waals surface area contributed by atoms with Crippen molar-refractivity contribution in [1.29, 1.82) is 0 Å². The van der Waals surface area contributed by atoms with Crippen LogP contribution in [0.1, 0.15) is 5.69 Å². The van der Waals surface area contributed by atoms with Crippen LogP contribution in [0, 0.1) is 0 Å². The molecule has 4 nitrogen and oxygen atoms in total. The van der Waals surface area contributed by atoms with Crippen molar-refractivity contribution >= 4 is 18.4 Å². The zero-order chi connectivity index (χ0) is 7.40. The zero-order valence-electron chi connectivity index (χ0n) is 5.60. The minimum atomic E-state index is -0.876. The molecule has 0 aliphatic carbocycles. The maximum absolute atomic E-state index is 10.1. The number of carboxylic acid groups (broad SMARTS) is 1. The molecule has 1 N–H and O–H groups in total. The van der Waals surface area contributed by atoms with Crippen molar-refractivity contribution in [3.8, 4) is 0 Å². The smallest absolute Gasteiger partial charge is 0.309 e. The van der Waals surface area contributed by atoms with Gasteiger partial charge in [-0.3, -0.25) is 4.79 Å². The standard InChI is InChI=1S/C6H6N2O2.ClH/c9-6(10)3-5-1-2-7-4-8-5;/h1-2,4H,3H2,(H,9,10);1H. The molecule has 0 atom stereocenters. The van der Waals surface area contributed by atoms with Crippen molar-refractivity contribution in [2.75, 3.05) is 0 Å². The van der Waals surface area contributed by atoms with Crippen molar-refractivity contribution in [3.05, 3.63) is 24.3 Å². The number of aliphatic carboxylic acids is 1. The Bertz CT molecular complexity index is 227. The Morgan fingerprint density at radius 1 is 1.64 bits per heavy atom. The summed E-state index contributed by atoms with van der Waals surface area (Å²) in [5.41, 5.74) is 0.530. The maximum atomic E-state index is 10.1. The van der Waals surface area contributed by atoms with Gasteiger partial charge in [0.05, 0.1) is 12.1 Å². The van der Waals surface area contributed by atoms with Crippen LogP contribution < -0.4 is 0 Å². The molecule has 0 spiro atoms. The molecule has 1 aromatic heterocycles. The van der Waals surface area contributed by atoms with E-state index in [-0.39, 0.29) is 18.8 Å². The molecule has 0 aromatic carbocycles. The SMILES string of the molecule is Cl.O=C(O)Cc1ccncn1. The second-order valence-electron chi connectivity index (χ2n) is 1.77. The van der Waals surface area contributed by atoms with Gasteiger partial charge in [0.2, 0.25) is 0 Å². The number of carboxylic acids is 1. The molecule has 0 unspecified atom stereocenters. The van der Waals surface area contributed by atoms with Gasteiger partial charge in [0.1, 0.15) is 6.33 Å². The van der Waals surface area contributed by atoms with Gasteiger partial charge in [0.25, 0.3) is 0 Å². The predicted octanol–water partition coefficient (Wildman–Crippen LogP) is 0.525. The van der Waals surface area contributed by atoms with E-state index in [1.165, 1.54) is 12.5 Å². The average Bonchev–Trinajstić information content (AvgIpc) is 1.88. The fourth-order valence-corrected chi connectivity index (χ4v) is 0.578. The molecular weight excluding hydrogens is 168 g/mol. The monoisotopic (exact) mass is 174 g/mol. The van der Waals surface area contributed by atoms with Crippen molar-refractivity contribution in [2.24, 2.45) is 0 Å². The third kappa shape index (κ3) is 3.52. The van der Waals surface area contributed by atoms with E-state index in [0.29, 0.717) is 5.69 Å². The Morgan fingerprint density at radius 2 is 2.36 bits per heavy atom. The van der Waals surface area contributed by atoms with Gasteiger partial charge in [-0.15, -0.1) is 12.4 Å². The quantitative estimate of drug-likeness (QED) is 0.710. The van der Waals surface area contributed by atoms with Crippen molar-refractivity contribution in [1.82, 2.24) is 9.97 Å².